The van der Waals surface area contributed by atoms with E-state index in [2.05, 4.69) is 24.3 Å². The van der Waals surface area contributed by atoms with E-state index in [0.717, 1.165) is 12.8 Å². The standard InChI is InChI=1S/C10H11Cl/c11-9-5-4-8-10-6-2-1-3-7-10/h1-3,5-7,9H,4,8H2/b9-5-. The Kier molecular flexibility index (Phi) is 3.77. The average molecular weight is 167 g/mol. The van der Waals surface area contributed by atoms with Gasteiger partial charge in [-0.1, -0.05) is 48.0 Å². The number of benzene rings is 1. The molecule has 0 saturated heterocycles. The van der Waals surface area contributed by atoms with Crippen molar-refractivity contribution in [2.24, 2.45) is 0 Å². The van der Waals surface area contributed by atoms with E-state index in [4.69, 9.17) is 11.6 Å². The first-order valence-corrected chi connectivity index (χ1v) is 4.16. The van der Waals surface area contributed by atoms with E-state index in [-0.39, 0.29) is 0 Å². The van der Waals surface area contributed by atoms with Gasteiger partial charge in [-0.2, -0.15) is 0 Å². The van der Waals surface area contributed by atoms with Crippen LogP contribution in [0.2, 0.25) is 0 Å². The monoisotopic (exact) mass is 166 g/mol. The van der Waals surface area contributed by atoms with Crippen molar-refractivity contribution in [2.75, 3.05) is 0 Å². The Hall–Kier alpha value is -0.750. The third-order valence-corrected chi connectivity index (χ3v) is 1.71. The number of allylic oxidation sites excluding steroid dienone is 1. The van der Waals surface area contributed by atoms with Gasteiger partial charge in [0.05, 0.1) is 0 Å². The molecule has 0 fully saturated rings. The highest BCUT2D eigenvalue weighted by molar-refractivity contribution is 6.25. The highest BCUT2D eigenvalue weighted by Gasteiger charge is 1.86. The van der Waals surface area contributed by atoms with Crippen LogP contribution in [0.4, 0.5) is 0 Å². The van der Waals surface area contributed by atoms with E-state index < -0.39 is 0 Å². The summed E-state index contributed by atoms with van der Waals surface area (Å²) in [5.74, 6) is 0. The molecule has 0 N–H and O–H groups in total. The van der Waals surface area contributed by atoms with E-state index in [9.17, 15) is 0 Å². The molecule has 0 bridgehead atoms. The number of aryl methyl sites for hydroxylation is 1. The number of halogens is 1. The maximum atomic E-state index is 5.39. The van der Waals surface area contributed by atoms with Gasteiger partial charge in [0.2, 0.25) is 0 Å². The lowest BCUT2D eigenvalue weighted by atomic mass is 10.1. The van der Waals surface area contributed by atoms with Crippen LogP contribution in [0.3, 0.4) is 0 Å². The van der Waals surface area contributed by atoms with Gasteiger partial charge in [0.1, 0.15) is 0 Å². The van der Waals surface area contributed by atoms with Crippen molar-refractivity contribution in [3.05, 3.63) is 47.5 Å². The molecular weight excluding hydrogens is 156 g/mol. The Morgan fingerprint density at radius 1 is 1.18 bits per heavy atom. The van der Waals surface area contributed by atoms with Crippen molar-refractivity contribution < 1.29 is 0 Å². The van der Waals surface area contributed by atoms with Gasteiger partial charge >= 0.3 is 0 Å². The molecular formula is C10H11Cl. The summed E-state index contributed by atoms with van der Waals surface area (Å²) >= 11 is 5.39. The Morgan fingerprint density at radius 3 is 2.55 bits per heavy atom. The molecule has 1 heteroatoms. The Morgan fingerprint density at radius 2 is 1.91 bits per heavy atom. The van der Waals surface area contributed by atoms with Crippen LogP contribution < -0.4 is 0 Å². The molecule has 1 rings (SSSR count). The number of hydrogen-bond donors (Lipinski definition) is 0. The molecule has 0 saturated carbocycles. The summed E-state index contributed by atoms with van der Waals surface area (Å²) < 4.78 is 0. The zero-order chi connectivity index (χ0) is 7.94. The van der Waals surface area contributed by atoms with Gasteiger partial charge in [-0.3, -0.25) is 0 Å². The number of rotatable bonds is 3. The van der Waals surface area contributed by atoms with Gasteiger partial charge in [-0.05, 0) is 18.4 Å². The topological polar surface area (TPSA) is 0 Å². The van der Waals surface area contributed by atoms with Crippen molar-refractivity contribution in [3.63, 3.8) is 0 Å². The first-order chi connectivity index (χ1) is 5.43. The molecule has 0 aliphatic heterocycles. The molecule has 0 heterocycles. The van der Waals surface area contributed by atoms with Crippen molar-refractivity contribution in [3.8, 4) is 0 Å². The third kappa shape index (κ3) is 3.24. The number of hydrogen-bond acceptors (Lipinski definition) is 0. The summed E-state index contributed by atoms with van der Waals surface area (Å²) in [6.45, 7) is 0. The van der Waals surface area contributed by atoms with Gasteiger partial charge < -0.3 is 0 Å². The molecule has 0 nitrogen and oxygen atoms in total. The molecule has 11 heavy (non-hydrogen) atoms. The van der Waals surface area contributed by atoms with E-state index in [1.807, 2.05) is 12.1 Å². The lowest BCUT2D eigenvalue weighted by molar-refractivity contribution is 1.00. The Balaban J connectivity index is 2.39. The Bertz CT molecular complexity index is 214. The molecule has 0 amide bonds. The van der Waals surface area contributed by atoms with Crippen LogP contribution in [0.1, 0.15) is 12.0 Å². The molecule has 0 radical (unpaired) electrons. The van der Waals surface area contributed by atoms with Crippen LogP contribution in [-0.4, -0.2) is 0 Å². The second-order valence-corrected chi connectivity index (χ2v) is 2.64. The van der Waals surface area contributed by atoms with Crippen LogP contribution in [0, 0.1) is 0 Å². The quantitative estimate of drug-likeness (QED) is 0.646. The minimum atomic E-state index is 1.02. The molecule has 0 atom stereocenters. The minimum absolute atomic E-state index is 1.02. The second kappa shape index (κ2) is 4.97. The normalized spacial score (nSPS) is 10.6. The summed E-state index contributed by atoms with van der Waals surface area (Å²) in [6.07, 6.45) is 4.06. The zero-order valence-electron chi connectivity index (χ0n) is 6.33. The van der Waals surface area contributed by atoms with Crippen molar-refractivity contribution in [1.29, 1.82) is 0 Å². The van der Waals surface area contributed by atoms with Gasteiger partial charge in [-0.15, -0.1) is 0 Å². The van der Waals surface area contributed by atoms with Crippen LogP contribution in [-0.2, 0) is 6.42 Å². The fraction of sp³-hybridized carbons (Fsp3) is 0.200. The molecule has 0 aromatic heterocycles. The maximum Gasteiger partial charge on any atom is 0.000257 e. The van der Waals surface area contributed by atoms with Gasteiger partial charge in [0, 0.05) is 5.54 Å². The van der Waals surface area contributed by atoms with E-state index >= 15 is 0 Å². The Labute approximate surface area is 72.5 Å². The van der Waals surface area contributed by atoms with E-state index in [0.29, 0.717) is 0 Å². The van der Waals surface area contributed by atoms with Crippen LogP contribution in [0.15, 0.2) is 41.9 Å². The molecule has 1 aromatic rings. The fourth-order valence-corrected chi connectivity index (χ4v) is 1.08. The molecule has 1 aromatic carbocycles. The first kappa shape index (κ1) is 8.35. The van der Waals surface area contributed by atoms with Crippen molar-refractivity contribution >= 4 is 11.6 Å². The predicted molar refractivity (Wildman–Crippen MR) is 49.8 cm³/mol. The molecule has 0 unspecified atom stereocenters. The van der Waals surface area contributed by atoms with Gasteiger partial charge in [-0.25, -0.2) is 0 Å². The van der Waals surface area contributed by atoms with Crippen LogP contribution in [0.5, 0.6) is 0 Å². The SMILES string of the molecule is Cl/C=C\CCc1ccccc1. The van der Waals surface area contributed by atoms with E-state index in [1.165, 1.54) is 5.56 Å². The van der Waals surface area contributed by atoms with Gasteiger partial charge in [0.15, 0.2) is 0 Å². The summed E-state index contributed by atoms with van der Waals surface area (Å²) in [4.78, 5) is 0. The predicted octanol–water partition coefficient (Wildman–Crippen LogP) is 3.37. The lowest BCUT2D eigenvalue weighted by Gasteiger charge is -1.94. The molecule has 0 spiro atoms. The summed E-state index contributed by atoms with van der Waals surface area (Å²) in [6, 6.07) is 10.4. The maximum absolute atomic E-state index is 5.39. The summed E-state index contributed by atoms with van der Waals surface area (Å²) in [7, 11) is 0. The van der Waals surface area contributed by atoms with E-state index in [1.54, 1.807) is 5.54 Å². The molecule has 58 valence electrons. The van der Waals surface area contributed by atoms with Crippen molar-refractivity contribution in [2.45, 2.75) is 12.8 Å². The fourth-order valence-electron chi connectivity index (χ4n) is 0.958. The zero-order valence-corrected chi connectivity index (χ0v) is 7.09. The molecule has 0 aliphatic rings. The average Bonchev–Trinajstić information content (AvgIpc) is 2.07. The second-order valence-electron chi connectivity index (χ2n) is 2.39. The molecule has 0 aliphatic carbocycles. The summed E-state index contributed by atoms with van der Waals surface area (Å²) in [5, 5.41) is 0. The van der Waals surface area contributed by atoms with Crippen LogP contribution >= 0.6 is 11.6 Å². The smallest absolute Gasteiger partial charge is 0.000257 e. The van der Waals surface area contributed by atoms with Gasteiger partial charge in [0.25, 0.3) is 0 Å². The van der Waals surface area contributed by atoms with Crippen LogP contribution in [0.25, 0.3) is 0 Å². The minimum Gasteiger partial charge on any atom is -0.0933 e. The highest BCUT2D eigenvalue weighted by atomic mass is 35.5. The van der Waals surface area contributed by atoms with Crippen molar-refractivity contribution in [1.82, 2.24) is 0 Å². The third-order valence-electron chi connectivity index (χ3n) is 1.53. The summed E-state index contributed by atoms with van der Waals surface area (Å²) in [5.41, 5.74) is 2.94. The first-order valence-electron chi connectivity index (χ1n) is 3.72. The lowest BCUT2D eigenvalue weighted by Crippen LogP contribution is -1.80. The largest absolute Gasteiger partial charge is 0.0933 e. The highest BCUT2D eigenvalue weighted by Crippen LogP contribution is 2.02.